The molecule has 0 fully saturated rings. The number of aryl methyl sites for hydroxylation is 2. The minimum atomic E-state index is 0.481. The molecule has 0 aliphatic heterocycles. The standard InChI is InChI=1S/C13H20N4S2/c1-4-7-14-12(18)16-17-13(19)15-11-8-9(2)5-6-10(11)3/h5-6,8H,4,7H2,1-3H3,(H2,14,16,18)(H2,15,17,19). The molecule has 1 aromatic rings. The van der Waals surface area contributed by atoms with Gasteiger partial charge in [0.05, 0.1) is 0 Å². The molecule has 0 unspecified atom stereocenters. The van der Waals surface area contributed by atoms with Gasteiger partial charge in [-0.2, -0.15) is 0 Å². The van der Waals surface area contributed by atoms with Crippen molar-refractivity contribution in [1.29, 1.82) is 0 Å². The van der Waals surface area contributed by atoms with E-state index in [4.69, 9.17) is 24.4 Å². The molecule has 0 saturated heterocycles. The number of rotatable bonds is 3. The topological polar surface area (TPSA) is 48.1 Å². The van der Waals surface area contributed by atoms with Crippen molar-refractivity contribution < 1.29 is 0 Å². The third-order valence-corrected chi connectivity index (χ3v) is 2.92. The van der Waals surface area contributed by atoms with Gasteiger partial charge in [-0.25, -0.2) is 0 Å². The molecule has 1 aromatic carbocycles. The first-order valence-electron chi connectivity index (χ1n) is 6.21. The van der Waals surface area contributed by atoms with Crippen LogP contribution in [0.1, 0.15) is 24.5 Å². The van der Waals surface area contributed by atoms with Crippen molar-refractivity contribution in [3.63, 3.8) is 0 Å². The minimum absolute atomic E-state index is 0.481. The molecule has 4 nitrogen and oxygen atoms in total. The van der Waals surface area contributed by atoms with Gasteiger partial charge in [0.25, 0.3) is 0 Å². The summed E-state index contributed by atoms with van der Waals surface area (Å²) in [5, 5.41) is 7.19. The predicted molar refractivity (Wildman–Crippen MR) is 89.3 cm³/mol. The van der Waals surface area contributed by atoms with Gasteiger partial charge in [-0.3, -0.25) is 10.9 Å². The van der Waals surface area contributed by atoms with Crippen LogP contribution >= 0.6 is 24.4 Å². The first kappa shape index (κ1) is 15.7. The molecule has 0 atom stereocenters. The maximum atomic E-state index is 5.20. The molecule has 1 rings (SSSR count). The van der Waals surface area contributed by atoms with Crippen LogP contribution < -0.4 is 21.5 Å². The highest BCUT2D eigenvalue weighted by Crippen LogP contribution is 2.15. The molecule has 6 heteroatoms. The number of hydrogen-bond donors (Lipinski definition) is 4. The van der Waals surface area contributed by atoms with E-state index in [0.29, 0.717) is 10.2 Å². The second kappa shape index (κ2) is 7.91. The van der Waals surface area contributed by atoms with Gasteiger partial charge in [0.15, 0.2) is 10.2 Å². The monoisotopic (exact) mass is 296 g/mol. The van der Waals surface area contributed by atoms with E-state index in [1.54, 1.807) is 0 Å². The van der Waals surface area contributed by atoms with Crippen LogP contribution in [-0.4, -0.2) is 16.8 Å². The molecule has 0 radical (unpaired) electrons. The highest BCUT2D eigenvalue weighted by Gasteiger charge is 2.01. The maximum absolute atomic E-state index is 5.20. The number of nitrogens with one attached hydrogen (secondary N) is 4. The zero-order valence-electron chi connectivity index (χ0n) is 11.5. The lowest BCUT2D eigenvalue weighted by molar-refractivity contribution is 0.784. The zero-order valence-corrected chi connectivity index (χ0v) is 13.1. The molecule has 0 spiro atoms. The van der Waals surface area contributed by atoms with Crippen LogP contribution in [-0.2, 0) is 0 Å². The van der Waals surface area contributed by atoms with Crippen LogP contribution in [0.5, 0.6) is 0 Å². The van der Waals surface area contributed by atoms with E-state index in [9.17, 15) is 0 Å². The Morgan fingerprint density at radius 1 is 1.11 bits per heavy atom. The molecular weight excluding hydrogens is 276 g/mol. The Morgan fingerprint density at radius 2 is 1.79 bits per heavy atom. The summed E-state index contributed by atoms with van der Waals surface area (Å²) in [6, 6.07) is 6.18. The Kier molecular flexibility index (Phi) is 6.52. The molecule has 0 aromatic heterocycles. The summed E-state index contributed by atoms with van der Waals surface area (Å²) in [6.07, 6.45) is 1.02. The highest BCUT2D eigenvalue weighted by molar-refractivity contribution is 7.80. The third-order valence-electron chi connectivity index (χ3n) is 2.47. The number of hydrogen-bond acceptors (Lipinski definition) is 2. The molecule has 19 heavy (non-hydrogen) atoms. The van der Waals surface area contributed by atoms with Gasteiger partial charge in [0.1, 0.15) is 0 Å². The van der Waals surface area contributed by atoms with E-state index in [1.165, 1.54) is 5.56 Å². The molecule has 0 aliphatic carbocycles. The molecular formula is C13H20N4S2. The average Bonchev–Trinajstić information content (AvgIpc) is 2.38. The van der Waals surface area contributed by atoms with Crippen molar-refractivity contribution in [3.8, 4) is 0 Å². The molecule has 4 N–H and O–H groups in total. The zero-order chi connectivity index (χ0) is 14.3. The van der Waals surface area contributed by atoms with E-state index >= 15 is 0 Å². The SMILES string of the molecule is CCCNC(=S)NNC(=S)Nc1cc(C)ccc1C. The molecule has 0 amide bonds. The highest BCUT2D eigenvalue weighted by atomic mass is 32.1. The van der Waals surface area contributed by atoms with Crippen molar-refractivity contribution in [3.05, 3.63) is 29.3 Å². The van der Waals surface area contributed by atoms with Crippen LogP contribution in [0, 0.1) is 13.8 Å². The smallest absolute Gasteiger partial charge is 0.189 e. The van der Waals surface area contributed by atoms with Crippen molar-refractivity contribution in [2.24, 2.45) is 0 Å². The number of anilines is 1. The summed E-state index contributed by atoms with van der Waals surface area (Å²) in [4.78, 5) is 0. The summed E-state index contributed by atoms with van der Waals surface area (Å²) in [6.45, 7) is 6.99. The summed E-state index contributed by atoms with van der Waals surface area (Å²) in [5.41, 5.74) is 9.01. The van der Waals surface area contributed by atoms with E-state index in [0.717, 1.165) is 24.2 Å². The van der Waals surface area contributed by atoms with Crippen molar-refractivity contribution in [2.45, 2.75) is 27.2 Å². The van der Waals surface area contributed by atoms with Gasteiger partial charge in [0, 0.05) is 12.2 Å². The lowest BCUT2D eigenvalue weighted by Crippen LogP contribution is -2.48. The van der Waals surface area contributed by atoms with Crippen molar-refractivity contribution in [1.82, 2.24) is 16.2 Å². The Labute approximate surface area is 125 Å². The normalized spacial score (nSPS) is 9.63. The van der Waals surface area contributed by atoms with Crippen LogP contribution in [0.3, 0.4) is 0 Å². The molecule has 0 saturated carbocycles. The summed E-state index contributed by atoms with van der Waals surface area (Å²) < 4.78 is 0. The minimum Gasteiger partial charge on any atom is -0.361 e. The van der Waals surface area contributed by atoms with Crippen molar-refractivity contribution >= 4 is 40.3 Å². The maximum Gasteiger partial charge on any atom is 0.189 e. The third kappa shape index (κ3) is 5.85. The number of hydrazine groups is 1. The molecule has 0 bridgehead atoms. The van der Waals surface area contributed by atoms with E-state index in [2.05, 4.69) is 46.6 Å². The molecule has 0 heterocycles. The van der Waals surface area contributed by atoms with Crippen LogP contribution in [0.2, 0.25) is 0 Å². The Bertz CT molecular complexity index is 460. The predicted octanol–water partition coefficient (Wildman–Crippen LogP) is 2.38. The van der Waals surface area contributed by atoms with Gasteiger partial charge < -0.3 is 10.6 Å². The van der Waals surface area contributed by atoms with Gasteiger partial charge >= 0.3 is 0 Å². The largest absolute Gasteiger partial charge is 0.361 e. The van der Waals surface area contributed by atoms with E-state index < -0.39 is 0 Å². The Morgan fingerprint density at radius 3 is 2.47 bits per heavy atom. The molecule has 104 valence electrons. The van der Waals surface area contributed by atoms with Gasteiger partial charge in [-0.1, -0.05) is 19.1 Å². The Hall–Kier alpha value is -1.40. The summed E-state index contributed by atoms with van der Waals surface area (Å²) in [7, 11) is 0. The lowest BCUT2D eigenvalue weighted by atomic mass is 10.1. The first-order valence-corrected chi connectivity index (χ1v) is 7.02. The van der Waals surface area contributed by atoms with Crippen LogP contribution in [0.15, 0.2) is 18.2 Å². The van der Waals surface area contributed by atoms with Crippen molar-refractivity contribution in [2.75, 3.05) is 11.9 Å². The fourth-order valence-corrected chi connectivity index (χ4v) is 1.73. The van der Waals surface area contributed by atoms with E-state index in [-0.39, 0.29) is 0 Å². The van der Waals surface area contributed by atoms with Gasteiger partial charge in [-0.05, 0) is 61.9 Å². The quantitative estimate of drug-likeness (QED) is 0.507. The first-order chi connectivity index (χ1) is 9.02. The fourth-order valence-electron chi connectivity index (χ4n) is 1.42. The number of benzene rings is 1. The second-order valence-corrected chi connectivity index (χ2v) is 5.09. The van der Waals surface area contributed by atoms with Crippen LogP contribution in [0.4, 0.5) is 5.69 Å². The summed E-state index contributed by atoms with van der Waals surface area (Å²) in [5.74, 6) is 0. The number of thiocarbonyl (C=S) groups is 2. The lowest BCUT2D eigenvalue weighted by Gasteiger charge is -2.15. The Balaban J connectivity index is 2.43. The van der Waals surface area contributed by atoms with Gasteiger partial charge in [0.2, 0.25) is 0 Å². The molecule has 0 aliphatic rings. The fraction of sp³-hybridized carbons (Fsp3) is 0.385. The van der Waals surface area contributed by atoms with E-state index in [1.807, 2.05) is 13.8 Å². The van der Waals surface area contributed by atoms with Crippen LogP contribution in [0.25, 0.3) is 0 Å². The summed E-state index contributed by atoms with van der Waals surface area (Å²) >= 11 is 10.3. The van der Waals surface area contributed by atoms with Gasteiger partial charge in [-0.15, -0.1) is 0 Å². The second-order valence-electron chi connectivity index (χ2n) is 4.28. The average molecular weight is 296 g/mol.